The highest BCUT2D eigenvalue weighted by Gasteiger charge is 2.25. The summed E-state index contributed by atoms with van der Waals surface area (Å²) in [6.07, 6.45) is 1.90. The maximum Gasteiger partial charge on any atom is 0.325 e. The fraction of sp³-hybridized carbons (Fsp3) is 0.304. The minimum atomic E-state index is -0.765. The highest BCUT2D eigenvalue weighted by molar-refractivity contribution is 6.04. The van der Waals surface area contributed by atoms with Gasteiger partial charge in [-0.1, -0.05) is 12.1 Å². The Morgan fingerprint density at radius 2 is 1.69 bits per heavy atom. The third kappa shape index (κ3) is 6.83. The molecule has 0 aromatic heterocycles. The predicted octanol–water partition coefficient (Wildman–Crippen LogP) is 1.89. The molecule has 0 bridgehead atoms. The predicted molar refractivity (Wildman–Crippen MR) is 116 cm³/mol. The summed E-state index contributed by atoms with van der Waals surface area (Å²) < 4.78 is 10.2. The first-order chi connectivity index (χ1) is 15.5. The Kier molecular flexibility index (Phi) is 7.80. The van der Waals surface area contributed by atoms with Crippen LogP contribution in [0.5, 0.6) is 5.75 Å². The second kappa shape index (κ2) is 10.9. The van der Waals surface area contributed by atoms with E-state index in [1.165, 1.54) is 0 Å². The summed E-state index contributed by atoms with van der Waals surface area (Å²) in [7, 11) is 0. The van der Waals surface area contributed by atoms with Crippen molar-refractivity contribution >= 4 is 29.4 Å². The van der Waals surface area contributed by atoms with Crippen molar-refractivity contribution in [3.8, 4) is 5.75 Å². The van der Waals surface area contributed by atoms with Crippen molar-refractivity contribution < 1.29 is 28.7 Å². The molecular formula is C23H25N3O6. The van der Waals surface area contributed by atoms with Crippen LogP contribution in [0.1, 0.15) is 40.5 Å². The molecule has 1 aliphatic carbocycles. The number of hydrogen-bond acceptors (Lipinski definition) is 6. The topological polar surface area (TPSA) is 123 Å². The Balaban J connectivity index is 1.42. The van der Waals surface area contributed by atoms with Crippen molar-refractivity contribution in [2.24, 2.45) is 0 Å². The van der Waals surface area contributed by atoms with Gasteiger partial charge in [-0.3, -0.25) is 19.2 Å². The minimum absolute atomic E-state index is 0.185. The lowest BCUT2D eigenvalue weighted by molar-refractivity contribution is -0.146. The van der Waals surface area contributed by atoms with Gasteiger partial charge in [0, 0.05) is 11.6 Å². The number of anilines is 1. The number of esters is 1. The van der Waals surface area contributed by atoms with E-state index >= 15 is 0 Å². The minimum Gasteiger partial charge on any atom is -0.494 e. The van der Waals surface area contributed by atoms with Crippen LogP contribution >= 0.6 is 0 Å². The van der Waals surface area contributed by atoms with Crippen molar-refractivity contribution in [3.05, 3.63) is 59.7 Å². The molecule has 0 atom stereocenters. The Morgan fingerprint density at radius 3 is 2.38 bits per heavy atom. The second-order valence-electron chi connectivity index (χ2n) is 7.14. The zero-order valence-electron chi connectivity index (χ0n) is 17.7. The van der Waals surface area contributed by atoms with Crippen LogP contribution < -0.4 is 20.7 Å². The van der Waals surface area contributed by atoms with Crippen LogP contribution in [0.15, 0.2) is 48.5 Å². The van der Waals surface area contributed by atoms with E-state index in [9.17, 15) is 19.2 Å². The third-order valence-electron chi connectivity index (χ3n) is 4.54. The molecule has 0 spiro atoms. The van der Waals surface area contributed by atoms with Gasteiger partial charge in [0.25, 0.3) is 17.7 Å². The van der Waals surface area contributed by atoms with E-state index in [1.54, 1.807) is 48.5 Å². The molecule has 3 rings (SSSR count). The summed E-state index contributed by atoms with van der Waals surface area (Å²) in [5.41, 5.74) is 1.03. The largest absolute Gasteiger partial charge is 0.494 e. The van der Waals surface area contributed by atoms with Crippen molar-refractivity contribution in [3.63, 3.8) is 0 Å². The molecule has 2 aromatic rings. The number of hydrogen-bond donors (Lipinski definition) is 3. The maximum absolute atomic E-state index is 12.3. The average molecular weight is 439 g/mol. The van der Waals surface area contributed by atoms with Crippen LogP contribution in [0.25, 0.3) is 0 Å². The second-order valence-corrected chi connectivity index (χ2v) is 7.14. The molecule has 0 radical (unpaired) electrons. The molecule has 2 aromatic carbocycles. The lowest BCUT2D eigenvalue weighted by Gasteiger charge is -2.11. The average Bonchev–Trinajstić information content (AvgIpc) is 3.61. The van der Waals surface area contributed by atoms with Gasteiger partial charge in [-0.2, -0.15) is 0 Å². The molecule has 1 fully saturated rings. The van der Waals surface area contributed by atoms with Gasteiger partial charge in [0.2, 0.25) is 0 Å². The van der Waals surface area contributed by atoms with Gasteiger partial charge in [-0.15, -0.1) is 0 Å². The molecule has 1 saturated carbocycles. The molecule has 0 aliphatic heterocycles. The van der Waals surface area contributed by atoms with E-state index in [4.69, 9.17) is 9.47 Å². The van der Waals surface area contributed by atoms with Gasteiger partial charge >= 0.3 is 5.97 Å². The van der Waals surface area contributed by atoms with E-state index < -0.39 is 24.4 Å². The number of carbonyl (C=O) groups excluding carboxylic acids is 4. The number of benzene rings is 2. The zero-order chi connectivity index (χ0) is 22.9. The fourth-order valence-corrected chi connectivity index (χ4v) is 2.79. The summed E-state index contributed by atoms with van der Waals surface area (Å²) in [6.45, 7) is 1.44. The molecular weight excluding hydrogens is 414 g/mol. The molecule has 3 N–H and O–H groups in total. The van der Waals surface area contributed by atoms with E-state index in [2.05, 4.69) is 16.0 Å². The lowest BCUT2D eigenvalue weighted by Crippen LogP contribution is -2.32. The smallest absolute Gasteiger partial charge is 0.325 e. The first-order valence-corrected chi connectivity index (χ1v) is 10.3. The van der Waals surface area contributed by atoms with E-state index in [-0.39, 0.29) is 18.5 Å². The molecule has 9 nitrogen and oxygen atoms in total. The van der Waals surface area contributed by atoms with E-state index in [1.807, 2.05) is 6.92 Å². The van der Waals surface area contributed by atoms with E-state index in [0.717, 1.165) is 12.8 Å². The molecule has 168 valence electrons. The number of para-hydroxylation sites is 1. The number of amides is 3. The Labute approximate surface area is 185 Å². The first kappa shape index (κ1) is 22.8. The van der Waals surface area contributed by atoms with E-state index in [0.29, 0.717) is 29.2 Å². The van der Waals surface area contributed by atoms with Crippen molar-refractivity contribution in [1.29, 1.82) is 0 Å². The molecule has 32 heavy (non-hydrogen) atoms. The Hall–Kier alpha value is -3.88. The molecule has 3 amide bonds. The number of carbonyl (C=O) groups is 4. The lowest BCUT2D eigenvalue weighted by atomic mass is 10.1. The van der Waals surface area contributed by atoms with Gasteiger partial charge < -0.3 is 25.4 Å². The molecule has 0 saturated heterocycles. The van der Waals surface area contributed by atoms with Crippen molar-refractivity contribution in [1.82, 2.24) is 10.6 Å². The molecule has 1 aliphatic rings. The summed E-state index contributed by atoms with van der Waals surface area (Å²) in [6, 6.07) is 13.2. The van der Waals surface area contributed by atoms with Gasteiger partial charge in [0.05, 0.1) is 17.9 Å². The van der Waals surface area contributed by atoms with Crippen LogP contribution in [0.2, 0.25) is 0 Å². The standard InChI is InChI=1S/C23H25N3O6/c1-2-31-17-11-7-15(8-12-17)22(29)24-13-21(28)32-14-20(27)26-19-6-4-3-5-18(19)23(30)25-16-9-10-16/h3-8,11-12,16H,2,9-10,13-14H2,1H3,(H,24,29)(H,25,30)(H,26,27). The van der Waals surface area contributed by atoms with Crippen LogP contribution in [0.4, 0.5) is 5.69 Å². The third-order valence-corrected chi connectivity index (χ3v) is 4.54. The van der Waals surface area contributed by atoms with Gasteiger partial charge in [-0.05, 0) is 56.2 Å². The number of ether oxygens (including phenoxy) is 2. The Bertz CT molecular complexity index is 985. The number of rotatable bonds is 10. The summed E-state index contributed by atoms with van der Waals surface area (Å²) in [5, 5.41) is 7.86. The molecule has 9 heteroatoms. The molecule has 0 unspecified atom stereocenters. The highest BCUT2D eigenvalue weighted by atomic mass is 16.5. The van der Waals surface area contributed by atoms with Crippen LogP contribution in [-0.2, 0) is 14.3 Å². The van der Waals surface area contributed by atoms with Crippen LogP contribution in [0.3, 0.4) is 0 Å². The summed E-state index contributed by atoms with van der Waals surface area (Å²) >= 11 is 0. The van der Waals surface area contributed by atoms with Gasteiger partial charge in [0.15, 0.2) is 6.61 Å². The van der Waals surface area contributed by atoms with Gasteiger partial charge in [0.1, 0.15) is 12.3 Å². The highest BCUT2D eigenvalue weighted by Crippen LogP contribution is 2.21. The zero-order valence-corrected chi connectivity index (χ0v) is 17.7. The summed E-state index contributed by atoms with van der Waals surface area (Å²) in [4.78, 5) is 48.4. The molecule has 0 heterocycles. The van der Waals surface area contributed by atoms with Crippen molar-refractivity contribution in [2.75, 3.05) is 25.1 Å². The van der Waals surface area contributed by atoms with Crippen LogP contribution in [-0.4, -0.2) is 49.5 Å². The number of nitrogens with one attached hydrogen (secondary N) is 3. The monoisotopic (exact) mass is 439 g/mol. The van der Waals surface area contributed by atoms with Gasteiger partial charge in [-0.25, -0.2) is 0 Å². The fourth-order valence-electron chi connectivity index (χ4n) is 2.79. The van der Waals surface area contributed by atoms with Crippen molar-refractivity contribution in [2.45, 2.75) is 25.8 Å². The summed E-state index contributed by atoms with van der Waals surface area (Å²) in [5.74, 6) is -1.44. The maximum atomic E-state index is 12.3. The Morgan fingerprint density at radius 1 is 0.969 bits per heavy atom. The van der Waals surface area contributed by atoms with Crippen LogP contribution in [0, 0.1) is 0 Å². The first-order valence-electron chi connectivity index (χ1n) is 10.3. The quantitative estimate of drug-likeness (QED) is 0.486. The SMILES string of the molecule is CCOc1ccc(C(=O)NCC(=O)OCC(=O)Nc2ccccc2C(=O)NC2CC2)cc1. The normalized spacial score (nSPS) is 12.4.